The van der Waals surface area contributed by atoms with Crippen molar-refractivity contribution >= 4 is 16.9 Å². The smallest absolute Gasteiger partial charge is 0.332 e. The normalized spacial score (nSPS) is 11.6. The number of fused-ring (bicyclic) bond motifs is 3. The van der Waals surface area contributed by atoms with Crippen LogP contribution in [0.15, 0.2) is 33.9 Å². The van der Waals surface area contributed by atoms with Gasteiger partial charge in [-0.2, -0.15) is 4.98 Å². The highest BCUT2D eigenvalue weighted by Crippen LogP contribution is 2.29. The first-order chi connectivity index (χ1) is 14.4. The standard InChI is InChI=1S/C21H25N5O4/c1-6-29-11-12-30-16-10-8-7-9-15(16)25-13(2)14(3)26-17-18(22-20(25)26)23(4)21(28)24(5)19(17)27/h7-10H,6,11-12H2,1-5H3. The van der Waals surface area contributed by atoms with Crippen LogP contribution in [-0.2, 0) is 18.8 Å². The van der Waals surface area contributed by atoms with Gasteiger partial charge in [-0.25, -0.2) is 4.79 Å². The summed E-state index contributed by atoms with van der Waals surface area (Å²) in [5, 5.41) is 0. The average Bonchev–Trinajstić information content (AvgIpc) is 3.24. The Balaban J connectivity index is 1.99. The Hall–Kier alpha value is -3.33. The molecule has 0 atom stereocenters. The quantitative estimate of drug-likeness (QED) is 0.451. The van der Waals surface area contributed by atoms with Crippen LogP contribution >= 0.6 is 0 Å². The third kappa shape index (κ3) is 2.85. The summed E-state index contributed by atoms with van der Waals surface area (Å²) < 4.78 is 17.6. The molecule has 9 heteroatoms. The summed E-state index contributed by atoms with van der Waals surface area (Å²) in [6.45, 7) is 7.40. The number of para-hydroxylation sites is 2. The molecule has 0 bridgehead atoms. The molecular formula is C21H25N5O4. The summed E-state index contributed by atoms with van der Waals surface area (Å²) in [6, 6.07) is 7.67. The number of nitrogens with zero attached hydrogens (tertiary/aromatic N) is 5. The highest BCUT2D eigenvalue weighted by molar-refractivity contribution is 5.77. The molecule has 0 aliphatic heterocycles. The second-order valence-electron chi connectivity index (χ2n) is 7.14. The van der Waals surface area contributed by atoms with E-state index >= 15 is 0 Å². The molecule has 30 heavy (non-hydrogen) atoms. The maximum atomic E-state index is 12.9. The van der Waals surface area contributed by atoms with E-state index in [2.05, 4.69) is 4.98 Å². The predicted molar refractivity (Wildman–Crippen MR) is 114 cm³/mol. The topological polar surface area (TPSA) is 84.7 Å². The van der Waals surface area contributed by atoms with E-state index in [4.69, 9.17) is 9.47 Å². The van der Waals surface area contributed by atoms with Crippen LogP contribution in [0.25, 0.3) is 22.6 Å². The number of aryl methyl sites for hydroxylation is 2. The van der Waals surface area contributed by atoms with Crippen LogP contribution in [0.1, 0.15) is 18.3 Å². The maximum absolute atomic E-state index is 12.9. The van der Waals surface area contributed by atoms with E-state index in [-0.39, 0.29) is 5.56 Å². The van der Waals surface area contributed by atoms with Gasteiger partial charge in [0.15, 0.2) is 11.2 Å². The summed E-state index contributed by atoms with van der Waals surface area (Å²) in [7, 11) is 3.10. The zero-order chi connectivity index (χ0) is 21.6. The van der Waals surface area contributed by atoms with Crippen LogP contribution in [-0.4, -0.2) is 42.9 Å². The Kier molecular flexibility index (Phi) is 4.98. The third-order valence-electron chi connectivity index (χ3n) is 5.43. The molecule has 4 aromatic rings. The molecule has 0 spiro atoms. The zero-order valence-corrected chi connectivity index (χ0v) is 17.8. The molecule has 4 rings (SSSR count). The van der Waals surface area contributed by atoms with Gasteiger partial charge in [0.25, 0.3) is 5.56 Å². The lowest BCUT2D eigenvalue weighted by molar-refractivity contribution is 0.110. The van der Waals surface area contributed by atoms with E-state index in [9.17, 15) is 9.59 Å². The molecule has 158 valence electrons. The van der Waals surface area contributed by atoms with Gasteiger partial charge in [0, 0.05) is 32.1 Å². The monoisotopic (exact) mass is 411 g/mol. The minimum absolute atomic E-state index is 0.352. The molecule has 0 saturated heterocycles. The minimum atomic E-state index is -0.408. The summed E-state index contributed by atoms with van der Waals surface area (Å²) in [5.74, 6) is 1.24. The number of hydrogen-bond donors (Lipinski definition) is 0. The molecule has 0 N–H and O–H groups in total. The average molecular weight is 411 g/mol. The van der Waals surface area contributed by atoms with Gasteiger partial charge >= 0.3 is 5.69 Å². The van der Waals surface area contributed by atoms with Gasteiger partial charge in [0.05, 0.1) is 12.3 Å². The Morgan fingerprint density at radius 1 is 1.00 bits per heavy atom. The van der Waals surface area contributed by atoms with Gasteiger partial charge in [0.2, 0.25) is 5.78 Å². The van der Waals surface area contributed by atoms with Gasteiger partial charge in [-0.15, -0.1) is 0 Å². The van der Waals surface area contributed by atoms with Crippen molar-refractivity contribution in [3.63, 3.8) is 0 Å². The highest BCUT2D eigenvalue weighted by atomic mass is 16.5. The van der Waals surface area contributed by atoms with Crippen molar-refractivity contribution in [2.24, 2.45) is 14.1 Å². The Bertz CT molecular complexity index is 1370. The zero-order valence-electron chi connectivity index (χ0n) is 17.8. The number of ether oxygens (including phenoxy) is 2. The van der Waals surface area contributed by atoms with E-state index in [1.54, 1.807) is 7.05 Å². The molecule has 3 aromatic heterocycles. The van der Waals surface area contributed by atoms with Gasteiger partial charge in [-0.05, 0) is 32.9 Å². The minimum Gasteiger partial charge on any atom is -0.489 e. The fourth-order valence-electron chi connectivity index (χ4n) is 3.73. The van der Waals surface area contributed by atoms with Crippen LogP contribution in [0, 0.1) is 13.8 Å². The highest BCUT2D eigenvalue weighted by Gasteiger charge is 2.23. The summed E-state index contributed by atoms with van der Waals surface area (Å²) in [4.78, 5) is 30.0. The fraction of sp³-hybridized carbons (Fsp3) is 0.381. The van der Waals surface area contributed by atoms with E-state index in [0.29, 0.717) is 42.5 Å². The lowest BCUT2D eigenvalue weighted by Crippen LogP contribution is -2.37. The Labute approximate surface area is 172 Å². The van der Waals surface area contributed by atoms with Gasteiger partial charge < -0.3 is 9.47 Å². The summed E-state index contributed by atoms with van der Waals surface area (Å²) in [6.07, 6.45) is 0. The first-order valence-electron chi connectivity index (χ1n) is 9.84. The molecule has 9 nitrogen and oxygen atoms in total. The van der Waals surface area contributed by atoms with Crippen LogP contribution in [0.5, 0.6) is 5.75 Å². The lowest BCUT2D eigenvalue weighted by Gasteiger charge is -2.13. The van der Waals surface area contributed by atoms with Gasteiger partial charge in [-0.1, -0.05) is 12.1 Å². The first kappa shape index (κ1) is 20.0. The van der Waals surface area contributed by atoms with Crippen LogP contribution in [0.3, 0.4) is 0 Å². The molecule has 1 aromatic carbocycles. The van der Waals surface area contributed by atoms with Crippen LogP contribution in [0.2, 0.25) is 0 Å². The summed E-state index contributed by atoms with van der Waals surface area (Å²) in [5.41, 5.74) is 2.55. The molecular weight excluding hydrogens is 386 g/mol. The number of aromatic nitrogens is 5. The van der Waals surface area contributed by atoms with Crippen molar-refractivity contribution in [1.82, 2.24) is 23.1 Å². The summed E-state index contributed by atoms with van der Waals surface area (Å²) >= 11 is 0. The number of hydrogen-bond acceptors (Lipinski definition) is 5. The molecule has 3 heterocycles. The van der Waals surface area contributed by atoms with E-state index < -0.39 is 5.69 Å². The third-order valence-corrected chi connectivity index (χ3v) is 5.43. The van der Waals surface area contributed by atoms with E-state index in [1.165, 1.54) is 11.6 Å². The van der Waals surface area contributed by atoms with Gasteiger partial charge in [0.1, 0.15) is 12.4 Å². The van der Waals surface area contributed by atoms with Crippen molar-refractivity contribution in [2.45, 2.75) is 20.8 Å². The Morgan fingerprint density at radius 3 is 2.47 bits per heavy atom. The molecule has 0 amide bonds. The molecule has 0 unspecified atom stereocenters. The second-order valence-corrected chi connectivity index (χ2v) is 7.14. The molecule has 0 radical (unpaired) electrons. The molecule has 0 saturated carbocycles. The van der Waals surface area contributed by atoms with Crippen LogP contribution < -0.4 is 16.0 Å². The van der Waals surface area contributed by atoms with E-state index in [1.807, 2.05) is 54.0 Å². The van der Waals surface area contributed by atoms with Crippen molar-refractivity contribution in [3.05, 3.63) is 56.5 Å². The lowest BCUT2D eigenvalue weighted by atomic mass is 10.2. The predicted octanol–water partition coefficient (Wildman–Crippen LogP) is 1.71. The van der Waals surface area contributed by atoms with Crippen molar-refractivity contribution in [2.75, 3.05) is 19.8 Å². The number of rotatable bonds is 6. The Morgan fingerprint density at radius 2 is 1.73 bits per heavy atom. The second kappa shape index (κ2) is 7.49. The van der Waals surface area contributed by atoms with Gasteiger partial charge in [-0.3, -0.25) is 22.9 Å². The number of imidazole rings is 2. The molecule has 0 aliphatic carbocycles. The van der Waals surface area contributed by atoms with Crippen molar-refractivity contribution in [1.29, 1.82) is 0 Å². The first-order valence-corrected chi connectivity index (χ1v) is 9.84. The SMILES string of the molecule is CCOCCOc1ccccc1-n1c(C)c(C)n2c3c(=O)n(C)c(=O)n(C)c3nc12. The van der Waals surface area contributed by atoms with Crippen molar-refractivity contribution in [3.8, 4) is 11.4 Å². The van der Waals surface area contributed by atoms with Crippen molar-refractivity contribution < 1.29 is 9.47 Å². The molecule has 0 aliphatic rings. The van der Waals surface area contributed by atoms with Crippen LogP contribution in [0.4, 0.5) is 0 Å². The molecule has 0 fully saturated rings. The largest absolute Gasteiger partial charge is 0.489 e. The fourth-order valence-corrected chi connectivity index (χ4v) is 3.73. The number of benzene rings is 1. The van der Waals surface area contributed by atoms with E-state index in [0.717, 1.165) is 21.6 Å². The maximum Gasteiger partial charge on any atom is 0.332 e.